The van der Waals surface area contributed by atoms with Crippen LogP contribution in [0.2, 0.25) is 0 Å². The van der Waals surface area contributed by atoms with E-state index in [1.165, 1.54) is 186 Å². The first-order chi connectivity index (χ1) is 29.3. The van der Waals surface area contributed by atoms with Crippen molar-refractivity contribution >= 4 is 13.7 Å². The van der Waals surface area contributed by atoms with Crippen molar-refractivity contribution in [1.82, 2.24) is 5.32 Å². The maximum atomic E-state index is 12.9. The maximum Gasteiger partial charge on any atom is 0.472 e. The molecule has 0 saturated carbocycles. The topological polar surface area (TPSA) is 151 Å². The van der Waals surface area contributed by atoms with Crippen molar-refractivity contribution in [3.8, 4) is 0 Å². The van der Waals surface area contributed by atoms with Crippen molar-refractivity contribution in [1.29, 1.82) is 0 Å². The lowest BCUT2D eigenvalue weighted by Crippen LogP contribution is -2.46. The minimum absolute atomic E-state index is 0.0463. The molecule has 0 bridgehead atoms. The van der Waals surface area contributed by atoms with Gasteiger partial charge < -0.3 is 26.2 Å². The number of unbranched alkanes of at least 4 members (excludes halogenated alkanes) is 32. The standard InChI is InChI=1S/C50H99N2O7P/c1-3-5-7-9-11-13-15-17-19-21-23-25-27-29-31-33-35-37-39-41-47(53)45-50(55)52-48(46-59-60(56,57)58-44-43-51)49(54)42-40-38-36-34-32-30-28-26-24-22-20-18-16-14-12-10-8-6-4-2/h32,34,40,42,47-49,53-54H,3-31,33,35-39,41,43-46,51H2,1-2H3,(H,52,55)(H,56,57)/b34-32+,42-40+. The van der Waals surface area contributed by atoms with Gasteiger partial charge >= 0.3 is 7.82 Å². The lowest BCUT2D eigenvalue weighted by atomic mass is 10.0. The quantitative estimate of drug-likeness (QED) is 0.0230. The summed E-state index contributed by atoms with van der Waals surface area (Å²) in [6, 6.07) is -0.996. The summed E-state index contributed by atoms with van der Waals surface area (Å²) in [5.74, 6) is -0.451. The Kier molecular flexibility index (Phi) is 45.1. The molecule has 0 spiro atoms. The van der Waals surface area contributed by atoms with Crippen molar-refractivity contribution in [2.24, 2.45) is 5.73 Å². The van der Waals surface area contributed by atoms with Gasteiger partial charge in [-0.15, -0.1) is 0 Å². The monoisotopic (exact) mass is 871 g/mol. The minimum Gasteiger partial charge on any atom is -0.393 e. The molecule has 1 amide bonds. The van der Waals surface area contributed by atoms with Crippen LogP contribution in [0.3, 0.4) is 0 Å². The highest BCUT2D eigenvalue weighted by Gasteiger charge is 2.27. The molecule has 6 N–H and O–H groups in total. The van der Waals surface area contributed by atoms with Crippen LogP contribution in [0.5, 0.6) is 0 Å². The fraction of sp³-hybridized carbons (Fsp3) is 0.900. The van der Waals surface area contributed by atoms with Gasteiger partial charge in [0.1, 0.15) is 0 Å². The van der Waals surface area contributed by atoms with Gasteiger partial charge in [0.25, 0.3) is 0 Å². The first-order valence-electron chi connectivity index (χ1n) is 25.5. The molecular weight excluding hydrogens is 772 g/mol. The third kappa shape index (κ3) is 43.6. The number of rotatable bonds is 48. The van der Waals surface area contributed by atoms with Crippen LogP contribution >= 0.6 is 7.82 Å². The zero-order valence-electron chi connectivity index (χ0n) is 39.3. The minimum atomic E-state index is -4.41. The second kappa shape index (κ2) is 45.9. The summed E-state index contributed by atoms with van der Waals surface area (Å²) in [6.07, 6.45) is 51.3. The molecule has 4 atom stereocenters. The number of nitrogens with one attached hydrogen (secondary N) is 1. The van der Waals surface area contributed by atoms with E-state index < -0.39 is 38.6 Å². The van der Waals surface area contributed by atoms with E-state index >= 15 is 0 Å². The van der Waals surface area contributed by atoms with Gasteiger partial charge in [0.05, 0.1) is 37.9 Å². The van der Waals surface area contributed by atoms with Crippen LogP contribution in [0.4, 0.5) is 0 Å². The molecule has 0 aromatic carbocycles. The molecule has 0 aromatic rings. The van der Waals surface area contributed by atoms with Gasteiger partial charge in [0.15, 0.2) is 0 Å². The molecule has 0 aliphatic rings. The third-order valence-corrected chi connectivity index (χ3v) is 12.6. The average Bonchev–Trinajstić information content (AvgIpc) is 3.23. The number of amides is 1. The number of phosphoric ester groups is 1. The predicted octanol–water partition coefficient (Wildman–Crippen LogP) is 13.9. The molecule has 0 heterocycles. The highest BCUT2D eigenvalue weighted by Crippen LogP contribution is 2.43. The molecule has 0 saturated heterocycles. The number of nitrogens with two attached hydrogens (primary N) is 1. The largest absolute Gasteiger partial charge is 0.472 e. The smallest absolute Gasteiger partial charge is 0.393 e. The number of carbonyl (C=O) groups excluding carboxylic acids is 1. The number of aliphatic hydroxyl groups is 2. The Hall–Kier alpha value is -1.06. The van der Waals surface area contributed by atoms with Gasteiger partial charge in [-0.25, -0.2) is 4.57 Å². The fourth-order valence-corrected chi connectivity index (χ4v) is 8.48. The summed E-state index contributed by atoms with van der Waals surface area (Å²) in [4.78, 5) is 22.8. The number of carbonyl (C=O) groups is 1. The van der Waals surface area contributed by atoms with E-state index in [4.69, 9.17) is 14.8 Å². The predicted molar refractivity (Wildman–Crippen MR) is 255 cm³/mol. The summed E-state index contributed by atoms with van der Waals surface area (Å²) in [6.45, 7) is 3.99. The SMILES string of the molecule is CCCCCCCCCCCCCCC/C=C/CC/C=C/C(O)C(COP(=O)(O)OCCN)NC(=O)CC(O)CCCCCCCCCCCCCCCCCCCCC. The molecule has 60 heavy (non-hydrogen) atoms. The summed E-state index contributed by atoms with van der Waals surface area (Å²) >= 11 is 0. The Morgan fingerprint density at radius 3 is 1.38 bits per heavy atom. The molecule has 0 fully saturated rings. The summed E-state index contributed by atoms with van der Waals surface area (Å²) < 4.78 is 22.2. The van der Waals surface area contributed by atoms with E-state index in [9.17, 15) is 24.5 Å². The molecule has 356 valence electrons. The Balaban J connectivity index is 4.22. The fourth-order valence-electron chi connectivity index (χ4n) is 7.72. The van der Waals surface area contributed by atoms with Crippen LogP contribution in [0, 0.1) is 0 Å². The van der Waals surface area contributed by atoms with E-state index in [0.29, 0.717) is 12.8 Å². The van der Waals surface area contributed by atoms with Crippen LogP contribution < -0.4 is 11.1 Å². The molecule has 0 aliphatic carbocycles. The van der Waals surface area contributed by atoms with E-state index in [-0.39, 0.29) is 19.6 Å². The zero-order valence-corrected chi connectivity index (χ0v) is 40.2. The van der Waals surface area contributed by atoms with Crippen molar-refractivity contribution in [3.05, 3.63) is 24.3 Å². The maximum absolute atomic E-state index is 12.9. The van der Waals surface area contributed by atoms with E-state index in [0.717, 1.165) is 32.1 Å². The number of hydrogen-bond donors (Lipinski definition) is 5. The Morgan fingerprint density at radius 2 is 0.950 bits per heavy atom. The highest BCUT2D eigenvalue weighted by atomic mass is 31.2. The van der Waals surface area contributed by atoms with Crippen LogP contribution in [0.25, 0.3) is 0 Å². The molecule has 0 rings (SSSR count). The van der Waals surface area contributed by atoms with Crippen LogP contribution in [-0.2, 0) is 18.4 Å². The number of allylic oxidation sites excluding steroid dienone is 3. The molecule has 9 nitrogen and oxygen atoms in total. The Bertz CT molecular complexity index is 1010. The molecule has 0 radical (unpaired) electrons. The highest BCUT2D eigenvalue weighted by molar-refractivity contribution is 7.47. The van der Waals surface area contributed by atoms with Crippen LogP contribution in [0.1, 0.15) is 251 Å². The molecule has 10 heteroatoms. The average molecular weight is 871 g/mol. The van der Waals surface area contributed by atoms with Crippen molar-refractivity contribution in [3.63, 3.8) is 0 Å². The molecule has 0 aliphatic heterocycles. The van der Waals surface area contributed by atoms with E-state index in [2.05, 4.69) is 31.3 Å². The summed E-state index contributed by atoms with van der Waals surface area (Å²) in [5.41, 5.74) is 5.38. The van der Waals surface area contributed by atoms with Crippen molar-refractivity contribution in [2.45, 2.75) is 270 Å². The van der Waals surface area contributed by atoms with Crippen LogP contribution in [0.15, 0.2) is 24.3 Å². The van der Waals surface area contributed by atoms with Gasteiger partial charge in [0.2, 0.25) is 5.91 Å². The summed E-state index contributed by atoms with van der Waals surface area (Å²) in [5, 5.41) is 24.1. The number of hydrogen-bond acceptors (Lipinski definition) is 7. The van der Waals surface area contributed by atoms with Crippen LogP contribution in [-0.4, -0.2) is 59.0 Å². The van der Waals surface area contributed by atoms with Crippen molar-refractivity contribution < 1.29 is 33.5 Å². The van der Waals surface area contributed by atoms with Gasteiger partial charge in [-0.05, 0) is 32.1 Å². The Morgan fingerprint density at radius 1 is 0.567 bits per heavy atom. The van der Waals surface area contributed by atoms with Crippen molar-refractivity contribution in [2.75, 3.05) is 19.8 Å². The second-order valence-corrected chi connectivity index (χ2v) is 19.0. The second-order valence-electron chi connectivity index (χ2n) is 17.6. The van der Waals surface area contributed by atoms with Gasteiger partial charge in [-0.3, -0.25) is 13.8 Å². The first kappa shape index (κ1) is 58.9. The normalized spacial score (nSPS) is 14.6. The van der Waals surface area contributed by atoms with Gasteiger partial charge in [0, 0.05) is 6.54 Å². The van der Waals surface area contributed by atoms with E-state index in [1.54, 1.807) is 6.08 Å². The summed E-state index contributed by atoms with van der Waals surface area (Å²) in [7, 11) is -4.41. The third-order valence-electron chi connectivity index (χ3n) is 11.6. The zero-order chi connectivity index (χ0) is 44.0. The Labute approximate surface area is 370 Å². The van der Waals surface area contributed by atoms with Gasteiger partial charge in [-0.2, -0.15) is 0 Å². The lowest BCUT2D eigenvalue weighted by Gasteiger charge is -2.24. The first-order valence-corrected chi connectivity index (χ1v) is 27.0. The number of phosphoric acid groups is 1. The molecular formula is C50H99N2O7P. The van der Waals surface area contributed by atoms with Gasteiger partial charge in [-0.1, -0.05) is 237 Å². The molecule has 0 aromatic heterocycles. The molecule has 4 unspecified atom stereocenters. The lowest BCUT2D eigenvalue weighted by molar-refractivity contribution is -0.124. The van der Waals surface area contributed by atoms with E-state index in [1.807, 2.05) is 6.08 Å². The number of aliphatic hydroxyl groups excluding tert-OH is 2.